The van der Waals surface area contributed by atoms with Crippen LogP contribution in [-0.4, -0.2) is 94.3 Å². The number of rotatable bonds is 5. The summed E-state index contributed by atoms with van der Waals surface area (Å²) in [5.74, 6) is -1.73. The van der Waals surface area contributed by atoms with E-state index in [2.05, 4.69) is 52.8 Å². The lowest BCUT2D eigenvalue weighted by Gasteiger charge is -2.59. The lowest BCUT2D eigenvalue weighted by atomic mass is 9.45. The fourth-order valence-electron chi connectivity index (χ4n) is 13.3. The number of hydrogen-bond acceptors (Lipinski definition) is 11. The standard InChI is InChI=1S/C39H56O11/c1-19-16-23-30(34(6,7)48-21(3)41)50-39(49-23)29(19)35(8)14-15-38-18-37(38)13-12-26(47-31-27(43)28(46-20(2)40)22(42)17-45-31)33(4,5)24(37)10-11-25(38)36(35,9)32(39)44/h11-13,19,22-24,26-32,42-44H,10,14-18H2,1-9H3/t19-,22+,23-,24?,26+,27-,28+,29-,30+,31+,32-,35-,36-,37-,38+,39+/m1/s1. The molecule has 1 unspecified atom stereocenters. The van der Waals surface area contributed by atoms with Gasteiger partial charge in [-0.05, 0) is 68.6 Å². The Morgan fingerprint density at radius 1 is 1.02 bits per heavy atom. The molecule has 3 spiro atoms. The van der Waals surface area contributed by atoms with Gasteiger partial charge in [-0.15, -0.1) is 0 Å². The molecule has 5 aliphatic carbocycles. The average Bonchev–Trinajstić information content (AvgIpc) is 3.53. The minimum atomic E-state index is -1.34. The highest BCUT2D eigenvalue weighted by Gasteiger charge is 2.86. The van der Waals surface area contributed by atoms with Gasteiger partial charge in [0.25, 0.3) is 0 Å². The molecule has 11 nitrogen and oxygen atoms in total. The quantitative estimate of drug-likeness (QED) is 0.283. The van der Waals surface area contributed by atoms with Gasteiger partial charge in [-0.3, -0.25) is 9.59 Å². The maximum absolute atomic E-state index is 12.8. The number of aliphatic hydroxyl groups is 3. The first kappa shape index (κ1) is 35.2. The molecule has 16 atom stereocenters. The van der Waals surface area contributed by atoms with Gasteiger partial charge in [0.15, 0.2) is 18.2 Å². The highest BCUT2D eigenvalue weighted by Crippen LogP contribution is 2.88. The molecule has 0 aromatic carbocycles. The maximum atomic E-state index is 12.8. The van der Waals surface area contributed by atoms with Crippen molar-refractivity contribution in [2.45, 2.75) is 155 Å². The Hall–Kier alpha value is -1.86. The largest absolute Gasteiger partial charge is 0.457 e. The van der Waals surface area contributed by atoms with Crippen LogP contribution >= 0.6 is 0 Å². The van der Waals surface area contributed by atoms with Crippen LogP contribution in [0, 0.1) is 44.8 Å². The molecule has 0 amide bonds. The predicted molar refractivity (Wildman–Crippen MR) is 178 cm³/mol. The average molecular weight is 701 g/mol. The van der Waals surface area contributed by atoms with E-state index in [0.29, 0.717) is 0 Å². The van der Waals surface area contributed by atoms with E-state index in [1.165, 1.54) is 19.4 Å². The summed E-state index contributed by atoms with van der Waals surface area (Å²) in [6.07, 6.45) is 4.60. The van der Waals surface area contributed by atoms with Gasteiger partial charge in [-0.25, -0.2) is 0 Å². The van der Waals surface area contributed by atoms with Crippen LogP contribution in [0.1, 0.15) is 94.4 Å². The van der Waals surface area contributed by atoms with Crippen molar-refractivity contribution in [2.24, 2.45) is 44.8 Å². The molecule has 3 saturated carbocycles. The van der Waals surface area contributed by atoms with Gasteiger partial charge in [0.2, 0.25) is 0 Å². The number of allylic oxidation sites excluding steroid dienone is 2. The number of hydrogen-bond donors (Lipinski definition) is 3. The summed E-state index contributed by atoms with van der Waals surface area (Å²) in [6, 6.07) is 0. The topological polar surface area (TPSA) is 150 Å². The monoisotopic (exact) mass is 700 g/mol. The summed E-state index contributed by atoms with van der Waals surface area (Å²) < 4.78 is 37.1. The Balaban J connectivity index is 1.10. The van der Waals surface area contributed by atoms with E-state index >= 15 is 0 Å². The van der Waals surface area contributed by atoms with E-state index < -0.39 is 65.7 Å². The first-order chi connectivity index (χ1) is 23.2. The predicted octanol–water partition coefficient (Wildman–Crippen LogP) is 3.96. The van der Waals surface area contributed by atoms with Crippen molar-refractivity contribution in [1.82, 2.24) is 0 Å². The SMILES string of the molecule is CC(=O)O[C@@H]1[C@@H](O)[C@H](O[C@H]2C=C[C@]34C[C@]35CC[C@]3(C)[C@H]6[C@H](C)C[C@H]7O[C@@]6(O[C@@H]7C(C)(C)OC(C)=O)[C@H](O)[C@@]3(C)C5=CCC4C2(C)C)OC[C@@H]1O. The number of fused-ring (bicyclic) bond motifs is 4. The summed E-state index contributed by atoms with van der Waals surface area (Å²) in [5, 5.41) is 34.2. The summed E-state index contributed by atoms with van der Waals surface area (Å²) in [6.45, 7) is 17.6. The second kappa shape index (κ2) is 10.6. The van der Waals surface area contributed by atoms with Gasteiger partial charge in [0.1, 0.15) is 30.0 Å². The van der Waals surface area contributed by atoms with Crippen molar-refractivity contribution >= 4 is 11.9 Å². The molecule has 8 rings (SSSR count). The zero-order chi connectivity index (χ0) is 36.2. The molecule has 0 aromatic heterocycles. The van der Waals surface area contributed by atoms with Gasteiger partial charge in [-0.1, -0.05) is 58.4 Å². The van der Waals surface area contributed by atoms with Gasteiger partial charge in [0.05, 0.1) is 18.8 Å². The smallest absolute Gasteiger partial charge is 0.303 e. The molecule has 3 saturated heterocycles. The summed E-state index contributed by atoms with van der Waals surface area (Å²) in [7, 11) is 0. The highest BCUT2D eigenvalue weighted by atomic mass is 16.8. The van der Waals surface area contributed by atoms with Crippen LogP contribution in [0.25, 0.3) is 0 Å². The van der Waals surface area contributed by atoms with Crippen LogP contribution < -0.4 is 0 Å². The second-order valence-corrected chi connectivity index (χ2v) is 18.6. The molecule has 2 bridgehead atoms. The van der Waals surface area contributed by atoms with Crippen LogP contribution in [0.3, 0.4) is 0 Å². The lowest BCUT2D eigenvalue weighted by Crippen LogP contribution is -2.58. The van der Waals surface area contributed by atoms with Crippen LogP contribution in [0.2, 0.25) is 0 Å². The molecule has 6 fully saturated rings. The summed E-state index contributed by atoms with van der Waals surface area (Å²) in [4.78, 5) is 23.8. The lowest BCUT2D eigenvalue weighted by molar-refractivity contribution is -0.292. The van der Waals surface area contributed by atoms with Crippen LogP contribution in [0.15, 0.2) is 23.8 Å². The Bertz CT molecular complexity index is 1540. The minimum absolute atomic E-state index is 0.0394. The third-order valence-electron chi connectivity index (χ3n) is 15.4. The Kier molecular flexibility index (Phi) is 7.48. The highest BCUT2D eigenvalue weighted by molar-refractivity contribution is 5.66. The molecule has 8 aliphatic rings. The van der Waals surface area contributed by atoms with Crippen molar-refractivity contribution < 1.29 is 53.3 Å². The Labute approximate surface area is 295 Å². The maximum Gasteiger partial charge on any atom is 0.303 e. The third kappa shape index (κ3) is 4.17. The van der Waals surface area contributed by atoms with E-state index in [9.17, 15) is 24.9 Å². The number of ether oxygens (including phenoxy) is 6. The van der Waals surface area contributed by atoms with Gasteiger partial charge >= 0.3 is 11.9 Å². The zero-order valence-corrected chi connectivity index (χ0v) is 30.9. The number of aliphatic hydroxyl groups excluding tert-OH is 3. The fraction of sp³-hybridized carbons (Fsp3) is 0.846. The zero-order valence-electron chi connectivity index (χ0n) is 30.9. The molecular formula is C39H56O11. The summed E-state index contributed by atoms with van der Waals surface area (Å²) >= 11 is 0. The van der Waals surface area contributed by atoms with Crippen molar-refractivity contribution in [3.05, 3.63) is 23.8 Å². The Morgan fingerprint density at radius 2 is 1.74 bits per heavy atom. The van der Waals surface area contributed by atoms with E-state index in [-0.39, 0.29) is 58.1 Å². The van der Waals surface area contributed by atoms with Crippen molar-refractivity contribution in [1.29, 1.82) is 0 Å². The normalized spacial score (nSPS) is 53.9. The number of esters is 2. The van der Waals surface area contributed by atoms with E-state index in [1.54, 1.807) is 0 Å². The molecule has 3 N–H and O–H groups in total. The van der Waals surface area contributed by atoms with Crippen molar-refractivity contribution in [2.75, 3.05) is 6.61 Å². The first-order valence-corrected chi connectivity index (χ1v) is 18.7. The van der Waals surface area contributed by atoms with Gasteiger partial charge < -0.3 is 43.7 Å². The second-order valence-electron chi connectivity index (χ2n) is 18.6. The number of carbonyl (C=O) groups is 2. The summed E-state index contributed by atoms with van der Waals surface area (Å²) in [5.41, 5.74) is -1.06. The van der Waals surface area contributed by atoms with Crippen molar-refractivity contribution in [3.8, 4) is 0 Å². The van der Waals surface area contributed by atoms with Gasteiger partial charge in [-0.2, -0.15) is 0 Å². The molecule has 278 valence electrons. The molecule has 3 aliphatic heterocycles. The van der Waals surface area contributed by atoms with Crippen LogP contribution in [0.4, 0.5) is 0 Å². The molecule has 0 aromatic rings. The molecule has 50 heavy (non-hydrogen) atoms. The van der Waals surface area contributed by atoms with E-state index in [0.717, 1.165) is 32.1 Å². The fourth-order valence-corrected chi connectivity index (χ4v) is 13.3. The minimum Gasteiger partial charge on any atom is -0.457 e. The molecule has 3 heterocycles. The van der Waals surface area contributed by atoms with Crippen LogP contribution in [-0.2, 0) is 38.0 Å². The van der Waals surface area contributed by atoms with Crippen molar-refractivity contribution in [3.63, 3.8) is 0 Å². The van der Waals surface area contributed by atoms with Crippen LogP contribution in [0.5, 0.6) is 0 Å². The van der Waals surface area contributed by atoms with Gasteiger partial charge in [0, 0.05) is 36.0 Å². The number of carbonyl (C=O) groups excluding carboxylic acids is 2. The van der Waals surface area contributed by atoms with E-state index in [4.69, 9.17) is 28.4 Å². The van der Waals surface area contributed by atoms with E-state index in [1.807, 2.05) is 13.8 Å². The molecular weight excluding hydrogens is 644 g/mol. The Morgan fingerprint density at radius 3 is 2.42 bits per heavy atom. The third-order valence-corrected chi connectivity index (χ3v) is 15.4. The molecule has 11 heteroatoms. The molecule has 0 radical (unpaired) electrons. The first-order valence-electron chi connectivity index (χ1n) is 18.7.